The Morgan fingerprint density at radius 1 is 1.36 bits per heavy atom. The van der Waals surface area contributed by atoms with E-state index < -0.39 is 0 Å². The summed E-state index contributed by atoms with van der Waals surface area (Å²) < 4.78 is 5.46. The van der Waals surface area contributed by atoms with Gasteiger partial charge in [-0.2, -0.15) is 0 Å². The third-order valence-corrected chi connectivity index (χ3v) is 4.76. The number of halogens is 2. The second kappa shape index (κ2) is 10.2. The van der Waals surface area contributed by atoms with Gasteiger partial charge in [-0.05, 0) is 30.5 Å². The third kappa shape index (κ3) is 5.48. The molecule has 2 aliphatic rings. The van der Waals surface area contributed by atoms with Gasteiger partial charge in [0.1, 0.15) is 0 Å². The van der Waals surface area contributed by atoms with Gasteiger partial charge in [-0.1, -0.05) is 12.1 Å². The lowest BCUT2D eigenvalue weighted by Crippen LogP contribution is -2.45. The van der Waals surface area contributed by atoms with Crippen LogP contribution in [0.2, 0.25) is 0 Å². The number of benzene rings is 1. The lowest BCUT2D eigenvalue weighted by molar-refractivity contribution is -0.133. The number of hydrogen-bond acceptors (Lipinski definition) is 4. The average molecular weight is 390 g/mol. The number of amides is 1. The molecule has 0 aromatic heterocycles. The Hall–Kier alpha value is -1.01. The van der Waals surface area contributed by atoms with Gasteiger partial charge in [-0.25, -0.2) is 0 Å². The van der Waals surface area contributed by atoms with Crippen LogP contribution in [0.25, 0.3) is 0 Å². The number of anilines is 1. The first kappa shape index (κ1) is 22.0. The standard InChI is InChI=1S/C18H27N3O2.2ClH/c1-20(2)16-6-3-5-14(11-16)17-7-4-9-21(17)18(22)12-15-13-23-10-8-19-15;;/h3,5-6,11,15,17,19H,4,7-10,12-13H2,1-2H3;2*1H. The van der Waals surface area contributed by atoms with Crippen LogP contribution in [0.3, 0.4) is 0 Å². The van der Waals surface area contributed by atoms with E-state index in [-0.39, 0.29) is 42.8 Å². The molecule has 3 rings (SSSR count). The van der Waals surface area contributed by atoms with Crippen molar-refractivity contribution in [1.82, 2.24) is 10.2 Å². The summed E-state index contributed by atoms with van der Waals surface area (Å²) in [5, 5.41) is 3.37. The lowest BCUT2D eigenvalue weighted by Gasteiger charge is -2.29. The molecule has 2 saturated heterocycles. The molecule has 0 bridgehead atoms. The van der Waals surface area contributed by atoms with E-state index in [9.17, 15) is 4.79 Å². The third-order valence-electron chi connectivity index (χ3n) is 4.76. The maximum absolute atomic E-state index is 12.7. The highest BCUT2D eigenvalue weighted by Crippen LogP contribution is 2.34. The number of likely N-dealkylation sites (tertiary alicyclic amines) is 1. The first-order chi connectivity index (χ1) is 11.1. The van der Waals surface area contributed by atoms with Crippen molar-refractivity contribution in [2.24, 2.45) is 0 Å². The Bertz CT molecular complexity index is 551. The molecule has 2 atom stereocenters. The fourth-order valence-electron chi connectivity index (χ4n) is 3.50. The molecule has 0 radical (unpaired) electrons. The maximum atomic E-state index is 12.7. The molecule has 0 spiro atoms. The van der Waals surface area contributed by atoms with Crippen molar-refractivity contribution in [2.75, 3.05) is 45.3 Å². The first-order valence-corrected chi connectivity index (χ1v) is 8.53. The predicted molar refractivity (Wildman–Crippen MR) is 106 cm³/mol. The minimum Gasteiger partial charge on any atom is -0.378 e. The van der Waals surface area contributed by atoms with Crippen LogP contribution in [-0.2, 0) is 9.53 Å². The van der Waals surface area contributed by atoms with Crippen molar-refractivity contribution in [1.29, 1.82) is 0 Å². The van der Waals surface area contributed by atoms with E-state index in [1.54, 1.807) is 0 Å². The van der Waals surface area contributed by atoms with Gasteiger partial charge in [0.25, 0.3) is 0 Å². The zero-order valence-electron chi connectivity index (χ0n) is 14.9. The van der Waals surface area contributed by atoms with E-state index >= 15 is 0 Å². The van der Waals surface area contributed by atoms with Crippen molar-refractivity contribution in [3.05, 3.63) is 29.8 Å². The highest BCUT2D eigenvalue weighted by molar-refractivity contribution is 5.85. The zero-order chi connectivity index (χ0) is 16.2. The molecule has 2 aliphatic heterocycles. The van der Waals surface area contributed by atoms with Gasteiger partial charge in [0.15, 0.2) is 0 Å². The molecule has 7 heteroatoms. The predicted octanol–water partition coefficient (Wildman–Crippen LogP) is 2.64. The monoisotopic (exact) mass is 389 g/mol. The van der Waals surface area contributed by atoms with Crippen LogP contribution < -0.4 is 10.2 Å². The number of hydrogen-bond donors (Lipinski definition) is 1. The lowest BCUT2D eigenvalue weighted by atomic mass is 10.0. The van der Waals surface area contributed by atoms with Gasteiger partial charge >= 0.3 is 0 Å². The Morgan fingerprint density at radius 3 is 2.84 bits per heavy atom. The molecule has 2 unspecified atom stereocenters. The van der Waals surface area contributed by atoms with Crippen molar-refractivity contribution in [3.8, 4) is 0 Å². The smallest absolute Gasteiger partial charge is 0.224 e. The summed E-state index contributed by atoms with van der Waals surface area (Å²) in [6.45, 7) is 3.09. The van der Waals surface area contributed by atoms with Crippen LogP contribution in [0.5, 0.6) is 0 Å². The van der Waals surface area contributed by atoms with Gasteiger partial charge in [0.05, 0.1) is 19.3 Å². The van der Waals surface area contributed by atoms with Crippen molar-refractivity contribution < 1.29 is 9.53 Å². The highest BCUT2D eigenvalue weighted by atomic mass is 35.5. The summed E-state index contributed by atoms with van der Waals surface area (Å²) in [7, 11) is 4.09. The second-order valence-electron chi connectivity index (χ2n) is 6.66. The van der Waals surface area contributed by atoms with Gasteiger partial charge in [0, 0.05) is 45.3 Å². The van der Waals surface area contributed by atoms with E-state index in [1.807, 2.05) is 14.1 Å². The molecule has 142 valence electrons. The van der Waals surface area contributed by atoms with Crippen molar-refractivity contribution >= 4 is 36.4 Å². The number of ether oxygens (including phenoxy) is 1. The molecule has 0 saturated carbocycles. The van der Waals surface area contributed by atoms with E-state index in [0.717, 1.165) is 32.5 Å². The Kier molecular flexibility index (Phi) is 9.00. The van der Waals surface area contributed by atoms with E-state index in [0.29, 0.717) is 13.0 Å². The Morgan fingerprint density at radius 2 is 2.16 bits per heavy atom. The van der Waals surface area contributed by atoms with E-state index in [2.05, 4.69) is 39.4 Å². The van der Waals surface area contributed by atoms with Crippen LogP contribution in [0.1, 0.15) is 30.9 Å². The number of nitrogens with zero attached hydrogens (tertiary/aromatic N) is 2. The first-order valence-electron chi connectivity index (χ1n) is 8.53. The fraction of sp³-hybridized carbons (Fsp3) is 0.611. The largest absolute Gasteiger partial charge is 0.378 e. The van der Waals surface area contributed by atoms with Crippen LogP contribution in [0.4, 0.5) is 5.69 Å². The SMILES string of the molecule is CN(C)c1cccc(C2CCCN2C(=O)CC2COCCN2)c1.Cl.Cl. The quantitative estimate of drug-likeness (QED) is 0.859. The van der Waals surface area contributed by atoms with Crippen LogP contribution in [0, 0.1) is 0 Å². The number of morpholine rings is 1. The summed E-state index contributed by atoms with van der Waals surface area (Å²) in [5.74, 6) is 0.241. The van der Waals surface area contributed by atoms with E-state index in [4.69, 9.17) is 4.74 Å². The molecular formula is C18H29Cl2N3O2. The van der Waals surface area contributed by atoms with Crippen LogP contribution in [0.15, 0.2) is 24.3 Å². The number of rotatable bonds is 4. The summed E-state index contributed by atoms with van der Waals surface area (Å²) in [4.78, 5) is 16.9. The molecular weight excluding hydrogens is 361 g/mol. The Balaban J connectivity index is 0.00000156. The minimum absolute atomic E-state index is 0. The Labute approximate surface area is 162 Å². The number of nitrogens with one attached hydrogen (secondary N) is 1. The van der Waals surface area contributed by atoms with Gasteiger partial charge in [-0.3, -0.25) is 4.79 Å². The molecule has 0 aliphatic carbocycles. The summed E-state index contributed by atoms with van der Waals surface area (Å²) >= 11 is 0. The second-order valence-corrected chi connectivity index (χ2v) is 6.66. The van der Waals surface area contributed by atoms with Crippen molar-refractivity contribution in [3.63, 3.8) is 0 Å². The molecule has 1 N–H and O–H groups in total. The maximum Gasteiger partial charge on any atom is 0.224 e. The summed E-state index contributed by atoms with van der Waals surface area (Å²) in [6.07, 6.45) is 2.66. The number of carbonyl (C=O) groups excluding carboxylic acids is 1. The molecule has 2 heterocycles. The summed E-state index contributed by atoms with van der Waals surface area (Å²) in [5.41, 5.74) is 2.43. The summed E-state index contributed by atoms with van der Waals surface area (Å²) in [6, 6.07) is 8.91. The topological polar surface area (TPSA) is 44.8 Å². The van der Waals surface area contributed by atoms with E-state index in [1.165, 1.54) is 11.3 Å². The molecule has 1 amide bonds. The molecule has 5 nitrogen and oxygen atoms in total. The molecule has 25 heavy (non-hydrogen) atoms. The zero-order valence-corrected chi connectivity index (χ0v) is 16.6. The number of carbonyl (C=O) groups is 1. The van der Waals surface area contributed by atoms with Crippen molar-refractivity contribution in [2.45, 2.75) is 31.3 Å². The van der Waals surface area contributed by atoms with Crippen LogP contribution >= 0.6 is 24.8 Å². The average Bonchev–Trinajstić information content (AvgIpc) is 3.05. The fourth-order valence-corrected chi connectivity index (χ4v) is 3.50. The minimum atomic E-state index is 0. The highest BCUT2D eigenvalue weighted by Gasteiger charge is 2.31. The molecule has 1 aromatic rings. The van der Waals surface area contributed by atoms with Gasteiger partial charge < -0.3 is 19.9 Å². The molecule has 1 aromatic carbocycles. The normalized spacial score (nSPS) is 22.7. The van der Waals surface area contributed by atoms with Gasteiger partial charge in [-0.15, -0.1) is 24.8 Å². The molecule has 2 fully saturated rings. The van der Waals surface area contributed by atoms with Crippen LogP contribution in [-0.4, -0.2) is 57.2 Å². The van der Waals surface area contributed by atoms with Gasteiger partial charge in [0.2, 0.25) is 5.91 Å².